The number of hydrogen-bond acceptors (Lipinski definition) is 3. The summed E-state index contributed by atoms with van der Waals surface area (Å²) in [4.78, 5) is 12.7. The van der Waals surface area contributed by atoms with E-state index in [4.69, 9.17) is 9.84 Å². The zero-order valence-corrected chi connectivity index (χ0v) is 12.3. The number of halogens is 1. The summed E-state index contributed by atoms with van der Waals surface area (Å²) in [5.74, 6) is -1.40. The predicted molar refractivity (Wildman–Crippen MR) is 78.4 cm³/mol. The molecule has 0 spiro atoms. The third-order valence-corrected chi connectivity index (χ3v) is 3.31. The highest BCUT2D eigenvalue weighted by molar-refractivity contribution is 5.85. The fourth-order valence-corrected chi connectivity index (χ4v) is 2.54. The highest BCUT2D eigenvalue weighted by Gasteiger charge is 2.27. The van der Waals surface area contributed by atoms with Crippen LogP contribution in [0.1, 0.15) is 25.0 Å². The number of morpholine rings is 1. The number of hydrogen-bond donors (Lipinski definition) is 1. The van der Waals surface area contributed by atoms with E-state index < -0.39 is 5.97 Å². The smallest absolute Gasteiger partial charge is 0.328 e. The van der Waals surface area contributed by atoms with Crippen molar-refractivity contribution in [3.05, 3.63) is 41.2 Å². The molecule has 0 bridgehead atoms. The minimum Gasteiger partial charge on any atom is -0.478 e. The minimum atomic E-state index is -1.05. The summed E-state index contributed by atoms with van der Waals surface area (Å²) >= 11 is 0. The van der Waals surface area contributed by atoms with E-state index in [-0.39, 0.29) is 11.4 Å². The highest BCUT2D eigenvalue weighted by Crippen LogP contribution is 2.19. The first-order chi connectivity index (χ1) is 9.84. The van der Waals surface area contributed by atoms with Crippen molar-refractivity contribution in [1.29, 1.82) is 0 Å². The largest absolute Gasteiger partial charge is 0.478 e. The van der Waals surface area contributed by atoms with E-state index >= 15 is 0 Å². The summed E-state index contributed by atoms with van der Waals surface area (Å²) in [6.07, 6.45) is 2.41. The lowest BCUT2D eigenvalue weighted by molar-refractivity contribution is -0.131. The quantitative estimate of drug-likeness (QED) is 0.867. The molecule has 0 atom stereocenters. The zero-order valence-electron chi connectivity index (χ0n) is 12.3. The topological polar surface area (TPSA) is 49.8 Å². The molecule has 0 unspecified atom stereocenters. The number of benzene rings is 1. The van der Waals surface area contributed by atoms with Gasteiger partial charge in [-0.05, 0) is 43.2 Å². The number of nitrogens with zero attached hydrogens (tertiary/aromatic N) is 1. The van der Waals surface area contributed by atoms with Crippen LogP contribution in [0.2, 0.25) is 0 Å². The Labute approximate surface area is 123 Å². The Morgan fingerprint density at radius 3 is 2.90 bits per heavy atom. The van der Waals surface area contributed by atoms with Crippen LogP contribution in [0.4, 0.5) is 4.39 Å². The average molecular weight is 293 g/mol. The second-order valence-electron chi connectivity index (χ2n) is 5.88. The molecule has 1 aromatic rings. The minimum absolute atomic E-state index is 0.197. The predicted octanol–water partition coefficient (Wildman–Crippen LogP) is 2.53. The van der Waals surface area contributed by atoms with Gasteiger partial charge < -0.3 is 9.84 Å². The maximum Gasteiger partial charge on any atom is 0.328 e. The van der Waals surface area contributed by atoms with Gasteiger partial charge in [0.25, 0.3) is 0 Å². The van der Waals surface area contributed by atoms with Crippen LogP contribution in [0, 0.1) is 5.82 Å². The van der Waals surface area contributed by atoms with E-state index in [0.717, 1.165) is 24.7 Å². The van der Waals surface area contributed by atoms with Gasteiger partial charge in [0.05, 0.1) is 12.2 Å². The Balaban J connectivity index is 2.11. The molecule has 114 valence electrons. The Morgan fingerprint density at radius 2 is 2.24 bits per heavy atom. The molecule has 5 heteroatoms. The summed E-state index contributed by atoms with van der Waals surface area (Å²) in [5.41, 5.74) is 1.19. The van der Waals surface area contributed by atoms with Crippen molar-refractivity contribution in [3.63, 3.8) is 0 Å². The van der Waals surface area contributed by atoms with Gasteiger partial charge in [0.15, 0.2) is 0 Å². The molecule has 0 aromatic heterocycles. The van der Waals surface area contributed by atoms with Crippen LogP contribution in [-0.4, -0.2) is 41.3 Å². The van der Waals surface area contributed by atoms with Crippen molar-refractivity contribution in [3.8, 4) is 0 Å². The van der Waals surface area contributed by atoms with Crippen LogP contribution in [0.15, 0.2) is 24.3 Å². The number of carbonyl (C=O) groups is 1. The maximum atomic E-state index is 13.6. The Bertz CT molecular complexity index is 554. The number of ether oxygens (including phenoxy) is 1. The SMILES string of the molecule is CC1(C)CN(Cc2cc(F)cc(C=CC(=O)O)c2)CCO1. The average Bonchev–Trinajstić information content (AvgIpc) is 2.34. The van der Waals surface area contributed by atoms with Crippen LogP contribution in [0.25, 0.3) is 6.08 Å². The second kappa shape index (κ2) is 6.37. The molecule has 1 aliphatic rings. The molecule has 21 heavy (non-hydrogen) atoms. The van der Waals surface area contributed by atoms with Crippen LogP contribution in [0.5, 0.6) is 0 Å². The Kier molecular flexibility index (Phi) is 4.75. The molecule has 0 radical (unpaired) electrons. The Hall–Kier alpha value is -1.72. The molecule has 1 aromatic carbocycles. The second-order valence-corrected chi connectivity index (χ2v) is 5.88. The van der Waals surface area contributed by atoms with Crippen LogP contribution < -0.4 is 0 Å². The number of carboxylic acids is 1. The zero-order chi connectivity index (χ0) is 15.5. The first-order valence-corrected chi connectivity index (χ1v) is 6.91. The molecule has 0 saturated carbocycles. The first kappa shape index (κ1) is 15.7. The molecule has 1 saturated heterocycles. The molecular formula is C16H20FNO3. The van der Waals surface area contributed by atoms with E-state index in [0.29, 0.717) is 18.7 Å². The van der Waals surface area contributed by atoms with Crippen molar-refractivity contribution in [1.82, 2.24) is 4.90 Å². The molecule has 1 heterocycles. The van der Waals surface area contributed by atoms with Gasteiger partial charge in [-0.25, -0.2) is 9.18 Å². The molecule has 0 amide bonds. The van der Waals surface area contributed by atoms with Crippen molar-refractivity contribution < 1.29 is 19.0 Å². The third kappa shape index (κ3) is 4.95. The van der Waals surface area contributed by atoms with Crippen molar-refractivity contribution >= 4 is 12.0 Å². The molecule has 0 aliphatic carbocycles. The lowest BCUT2D eigenvalue weighted by Gasteiger charge is -2.38. The first-order valence-electron chi connectivity index (χ1n) is 6.91. The van der Waals surface area contributed by atoms with Crippen molar-refractivity contribution in [2.75, 3.05) is 19.7 Å². The number of carboxylic acid groups (broad SMARTS) is 1. The molecule has 1 N–H and O–H groups in total. The van der Waals surface area contributed by atoms with Crippen LogP contribution >= 0.6 is 0 Å². The maximum absolute atomic E-state index is 13.6. The van der Waals surface area contributed by atoms with Crippen LogP contribution in [-0.2, 0) is 16.1 Å². The van der Waals surface area contributed by atoms with Gasteiger partial charge >= 0.3 is 5.97 Å². The van der Waals surface area contributed by atoms with E-state index in [9.17, 15) is 9.18 Å². The normalized spacial score (nSPS) is 19.0. The third-order valence-electron chi connectivity index (χ3n) is 3.31. The number of rotatable bonds is 4. The van der Waals surface area contributed by atoms with Gasteiger partial charge in [-0.15, -0.1) is 0 Å². The summed E-state index contributed by atoms with van der Waals surface area (Å²) < 4.78 is 19.3. The van der Waals surface area contributed by atoms with Gasteiger partial charge in [0.2, 0.25) is 0 Å². The van der Waals surface area contributed by atoms with Gasteiger partial charge in [-0.3, -0.25) is 4.90 Å². The standard InChI is InChI=1S/C16H20FNO3/c1-16(2)11-18(5-6-21-16)10-13-7-12(3-4-15(19)20)8-14(17)9-13/h3-4,7-9H,5-6,10-11H2,1-2H3,(H,19,20). The Morgan fingerprint density at radius 1 is 1.48 bits per heavy atom. The summed E-state index contributed by atoms with van der Waals surface area (Å²) in [6, 6.07) is 4.62. The lowest BCUT2D eigenvalue weighted by atomic mass is 10.1. The van der Waals surface area contributed by atoms with Crippen molar-refractivity contribution in [2.45, 2.75) is 26.0 Å². The number of aliphatic carboxylic acids is 1. The monoisotopic (exact) mass is 293 g/mol. The van der Waals surface area contributed by atoms with Crippen LogP contribution in [0.3, 0.4) is 0 Å². The van der Waals surface area contributed by atoms with Gasteiger partial charge in [-0.1, -0.05) is 6.07 Å². The van der Waals surface area contributed by atoms with Gasteiger partial charge in [0, 0.05) is 25.7 Å². The van der Waals surface area contributed by atoms with Gasteiger partial charge in [0.1, 0.15) is 5.82 Å². The van der Waals surface area contributed by atoms with E-state index in [1.807, 2.05) is 19.9 Å². The fourth-order valence-electron chi connectivity index (χ4n) is 2.54. The fraction of sp³-hybridized carbons (Fsp3) is 0.438. The molecule has 4 nitrogen and oxygen atoms in total. The summed E-state index contributed by atoms with van der Waals surface area (Å²) in [7, 11) is 0. The van der Waals surface area contributed by atoms with E-state index in [1.54, 1.807) is 0 Å². The highest BCUT2D eigenvalue weighted by atomic mass is 19.1. The van der Waals surface area contributed by atoms with Gasteiger partial charge in [-0.2, -0.15) is 0 Å². The van der Waals surface area contributed by atoms with E-state index in [1.165, 1.54) is 18.2 Å². The molecular weight excluding hydrogens is 273 g/mol. The molecule has 1 fully saturated rings. The van der Waals surface area contributed by atoms with Crippen molar-refractivity contribution in [2.24, 2.45) is 0 Å². The lowest BCUT2D eigenvalue weighted by Crippen LogP contribution is -2.47. The van der Waals surface area contributed by atoms with E-state index in [2.05, 4.69) is 4.90 Å². The molecule has 1 aliphatic heterocycles. The summed E-state index contributed by atoms with van der Waals surface area (Å²) in [6.45, 7) is 6.94. The summed E-state index contributed by atoms with van der Waals surface area (Å²) in [5, 5.41) is 8.63. The molecule has 2 rings (SSSR count).